The number of carbonyl (C=O) groups excluding carboxylic acids is 2. The van der Waals surface area contributed by atoms with Crippen molar-refractivity contribution in [2.45, 2.75) is 58.3 Å². The van der Waals surface area contributed by atoms with E-state index in [1.807, 2.05) is 57.2 Å². The van der Waals surface area contributed by atoms with Gasteiger partial charge >= 0.3 is 12.1 Å². The van der Waals surface area contributed by atoms with E-state index in [9.17, 15) is 9.59 Å². The van der Waals surface area contributed by atoms with Crippen molar-refractivity contribution in [1.82, 2.24) is 9.88 Å². The molecule has 1 N–H and O–H groups in total. The van der Waals surface area contributed by atoms with Crippen LogP contribution in [0.4, 0.5) is 4.79 Å². The van der Waals surface area contributed by atoms with Gasteiger partial charge in [-0.05, 0) is 51.7 Å². The van der Waals surface area contributed by atoms with Crippen LogP contribution in [0.15, 0.2) is 42.6 Å². The Morgan fingerprint density at radius 1 is 1.14 bits per heavy atom. The van der Waals surface area contributed by atoms with Crippen LogP contribution in [0.1, 0.15) is 67.7 Å². The van der Waals surface area contributed by atoms with E-state index in [-0.39, 0.29) is 18.7 Å². The number of hydrogen-bond donors (Lipinski definition) is 1. The summed E-state index contributed by atoms with van der Waals surface area (Å²) in [5.41, 5.74) is 1.55. The Labute approximate surface area is 165 Å². The quantitative estimate of drug-likeness (QED) is 0.766. The third-order valence-electron chi connectivity index (χ3n) is 4.69. The first-order valence-corrected chi connectivity index (χ1v) is 9.73. The number of H-pyrrole nitrogens is 1. The minimum atomic E-state index is -0.561. The standard InChI is InChI=1S/C22H28N2O4/c1-22(2,3)28-21(26)24-14-8-7-11-18(24)17-12-13-23-19(17)20(25)27-15-16-9-5-4-6-10-16/h4-6,9-10,12-13,18,23H,7-8,11,14-15H2,1-3H3. The summed E-state index contributed by atoms with van der Waals surface area (Å²) >= 11 is 0. The predicted molar refractivity (Wildman–Crippen MR) is 106 cm³/mol. The molecule has 3 rings (SSSR count). The molecule has 1 saturated heterocycles. The zero-order valence-corrected chi connectivity index (χ0v) is 16.7. The Morgan fingerprint density at radius 3 is 2.61 bits per heavy atom. The van der Waals surface area contributed by atoms with E-state index in [2.05, 4.69) is 4.98 Å². The van der Waals surface area contributed by atoms with Crippen LogP contribution >= 0.6 is 0 Å². The number of esters is 1. The Morgan fingerprint density at radius 2 is 1.89 bits per heavy atom. The molecular formula is C22H28N2O4. The highest BCUT2D eigenvalue weighted by Gasteiger charge is 2.34. The number of nitrogens with zero attached hydrogens (tertiary/aromatic N) is 1. The van der Waals surface area contributed by atoms with E-state index in [0.29, 0.717) is 12.2 Å². The second kappa shape index (κ2) is 8.50. The van der Waals surface area contributed by atoms with E-state index in [1.54, 1.807) is 11.1 Å². The van der Waals surface area contributed by atoms with Gasteiger partial charge in [-0.2, -0.15) is 0 Å². The first-order valence-electron chi connectivity index (χ1n) is 9.73. The van der Waals surface area contributed by atoms with E-state index in [1.165, 1.54) is 0 Å². The number of piperidine rings is 1. The molecule has 150 valence electrons. The SMILES string of the molecule is CC(C)(C)OC(=O)N1CCCCC1c1cc[nH]c1C(=O)OCc1ccccc1. The van der Waals surface area contributed by atoms with Gasteiger partial charge in [0.25, 0.3) is 0 Å². The summed E-state index contributed by atoms with van der Waals surface area (Å²) in [7, 11) is 0. The Kier molecular flexibility index (Phi) is 6.07. The number of amides is 1. The lowest BCUT2D eigenvalue weighted by Crippen LogP contribution is -2.42. The van der Waals surface area contributed by atoms with Gasteiger partial charge in [-0.3, -0.25) is 0 Å². The average molecular weight is 384 g/mol. The van der Waals surface area contributed by atoms with Crippen LogP contribution < -0.4 is 0 Å². The maximum Gasteiger partial charge on any atom is 0.410 e. The first kappa shape index (κ1) is 20.0. The summed E-state index contributed by atoms with van der Waals surface area (Å²) < 4.78 is 11.0. The van der Waals surface area contributed by atoms with Crippen molar-refractivity contribution in [3.8, 4) is 0 Å². The lowest BCUT2D eigenvalue weighted by Gasteiger charge is -2.36. The molecule has 1 unspecified atom stereocenters. The Hall–Kier alpha value is -2.76. The molecule has 6 nitrogen and oxygen atoms in total. The zero-order chi connectivity index (χ0) is 20.1. The van der Waals surface area contributed by atoms with E-state index >= 15 is 0 Å². The molecule has 0 spiro atoms. The number of ether oxygens (including phenoxy) is 2. The molecule has 0 aliphatic carbocycles. The van der Waals surface area contributed by atoms with Crippen LogP contribution in [-0.2, 0) is 16.1 Å². The highest BCUT2D eigenvalue weighted by molar-refractivity contribution is 5.89. The molecule has 0 saturated carbocycles. The van der Waals surface area contributed by atoms with Crippen LogP contribution in [0.25, 0.3) is 0 Å². The van der Waals surface area contributed by atoms with Gasteiger partial charge in [-0.1, -0.05) is 30.3 Å². The van der Waals surface area contributed by atoms with Crippen molar-refractivity contribution in [2.75, 3.05) is 6.54 Å². The number of nitrogens with one attached hydrogen (secondary N) is 1. The van der Waals surface area contributed by atoms with Gasteiger partial charge in [-0.25, -0.2) is 9.59 Å². The van der Waals surface area contributed by atoms with Crippen molar-refractivity contribution >= 4 is 12.1 Å². The molecule has 1 aromatic carbocycles. The summed E-state index contributed by atoms with van der Waals surface area (Å²) in [5.74, 6) is -0.418. The van der Waals surface area contributed by atoms with Crippen molar-refractivity contribution < 1.29 is 19.1 Å². The molecule has 1 fully saturated rings. The van der Waals surface area contributed by atoms with E-state index in [0.717, 1.165) is 30.4 Å². The fraction of sp³-hybridized carbons (Fsp3) is 0.455. The highest BCUT2D eigenvalue weighted by atomic mass is 16.6. The summed E-state index contributed by atoms with van der Waals surface area (Å²) in [5, 5.41) is 0. The van der Waals surface area contributed by atoms with Crippen molar-refractivity contribution in [2.24, 2.45) is 0 Å². The van der Waals surface area contributed by atoms with E-state index < -0.39 is 11.6 Å². The molecule has 0 bridgehead atoms. The number of aromatic nitrogens is 1. The summed E-state index contributed by atoms with van der Waals surface area (Å²) in [6, 6.07) is 11.2. The van der Waals surface area contributed by atoms with Gasteiger partial charge in [0.15, 0.2) is 0 Å². The van der Waals surface area contributed by atoms with Crippen LogP contribution in [0.5, 0.6) is 0 Å². The second-order valence-electron chi connectivity index (χ2n) is 8.06. The number of rotatable bonds is 4. The number of aromatic amines is 1. The third kappa shape index (κ3) is 4.94. The lowest BCUT2D eigenvalue weighted by atomic mass is 9.95. The maximum atomic E-state index is 12.7. The normalized spacial score (nSPS) is 17.2. The minimum absolute atomic E-state index is 0.200. The zero-order valence-electron chi connectivity index (χ0n) is 16.7. The molecule has 6 heteroatoms. The van der Waals surface area contributed by atoms with Gasteiger partial charge < -0.3 is 19.4 Å². The molecule has 1 aromatic heterocycles. The van der Waals surface area contributed by atoms with Gasteiger partial charge in [0, 0.05) is 18.3 Å². The lowest BCUT2D eigenvalue weighted by molar-refractivity contribution is 0.00904. The number of benzene rings is 1. The van der Waals surface area contributed by atoms with Crippen molar-refractivity contribution in [1.29, 1.82) is 0 Å². The highest BCUT2D eigenvalue weighted by Crippen LogP contribution is 2.34. The topological polar surface area (TPSA) is 71.6 Å². The van der Waals surface area contributed by atoms with Gasteiger partial charge in [-0.15, -0.1) is 0 Å². The van der Waals surface area contributed by atoms with Gasteiger partial charge in [0.05, 0.1) is 6.04 Å². The summed E-state index contributed by atoms with van der Waals surface area (Å²) in [6.45, 7) is 6.38. The van der Waals surface area contributed by atoms with Crippen LogP contribution in [0, 0.1) is 0 Å². The summed E-state index contributed by atoms with van der Waals surface area (Å²) in [6.07, 6.45) is 4.08. The Balaban J connectivity index is 1.74. The van der Waals surface area contributed by atoms with Crippen molar-refractivity contribution in [3.63, 3.8) is 0 Å². The maximum absolute atomic E-state index is 12.7. The second-order valence-corrected chi connectivity index (χ2v) is 8.06. The van der Waals surface area contributed by atoms with Crippen LogP contribution in [0.2, 0.25) is 0 Å². The monoisotopic (exact) mass is 384 g/mol. The van der Waals surface area contributed by atoms with Gasteiger partial charge in [0.2, 0.25) is 0 Å². The first-order chi connectivity index (χ1) is 13.3. The smallest absolute Gasteiger partial charge is 0.410 e. The number of likely N-dealkylation sites (tertiary alicyclic amines) is 1. The third-order valence-corrected chi connectivity index (χ3v) is 4.69. The molecule has 1 atom stereocenters. The molecule has 28 heavy (non-hydrogen) atoms. The molecule has 2 aromatic rings. The summed E-state index contributed by atoms with van der Waals surface area (Å²) in [4.78, 5) is 30.1. The van der Waals surface area contributed by atoms with Crippen LogP contribution in [-0.4, -0.2) is 34.1 Å². The van der Waals surface area contributed by atoms with Crippen LogP contribution in [0.3, 0.4) is 0 Å². The molecule has 1 amide bonds. The minimum Gasteiger partial charge on any atom is -0.456 e. The largest absolute Gasteiger partial charge is 0.456 e. The Bertz CT molecular complexity index is 807. The molecule has 1 aliphatic rings. The molecule has 0 radical (unpaired) electrons. The average Bonchev–Trinajstić information content (AvgIpc) is 3.15. The van der Waals surface area contributed by atoms with Crippen molar-refractivity contribution in [3.05, 3.63) is 59.4 Å². The van der Waals surface area contributed by atoms with Gasteiger partial charge in [0.1, 0.15) is 17.9 Å². The molecule has 2 heterocycles. The fourth-order valence-electron chi connectivity index (χ4n) is 3.43. The van der Waals surface area contributed by atoms with E-state index in [4.69, 9.17) is 9.47 Å². The molecular weight excluding hydrogens is 356 g/mol. The number of carbonyl (C=O) groups is 2. The molecule has 1 aliphatic heterocycles. The fourth-order valence-corrected chi connectivity index (χ4v) is 3.43. The predicted octanol–water partition coefficient (Wildman–Crippen LogP) is 4.83. The number of hydrogen-bond acceptors (Lipinski definition) is 4.